The molecule has 1 aliphatic carbocycles. The van der Waals surface area contributed by atoms with Crippen LogP contribution in [-0.4, -0.2) is 27.5 Å². The molecule has 1 saturated carbocycles. The molecule has 1 fully saturated rings. The lowest BCUT2D eigenvalue weighted by molar-refractivity contribution is -0.145. The second kappa shape index (κ2) is 6.00. The van der Waals surface area contributed by atoms with Crippen molar-refractivity contribution in [2.45, 2.75) is 44.2 Å². The highest BCUT2D eigenvalue weighted by molar-refractivity contribution is 5.97. The molecule has 6 nitrogen and oxygen atoms in total. The van der Waals surface area contributed by atoms with E-state index in [4.69, 9.17) is 5.73 Å². The van der Waals surface area contributed by atoms with Crippen LogP contribution in [0, 0.1) is 0 Å². The third kappa shape index (κ3) is 2.96. The van der Waals surface area contributed by atoms with Crippen molar-refractivity contribution in [1.82, 2.24) is 10.3 Å². The Hall–Kier alpha value is -1.95. The first kappa shape index (κ1) is 14.5. The van der Waals surface area contributed by atoms with Crippen LogP contribution in [0.4, 0.5) is 0 Å². The fourth-order valence-electron chi connectivity index (χ4n) is 2.57. The molecule has 4 N–H and O–H groups in total. The topological polar surface area (TPSA) is 105 Å². The van der Waals surface area contributed by atoms with Crippen molar-refractivity contribution in [1.29, 1.82) is 0 Å². The fourth-order valence-corrected chi connectivity index (χ4v) is 2.57. The number of pyridine rings is 1. The van der Waals surface area contributed by atoms with Gasteiger partial charge in [0.2, 0.25) is 0 Å². The largest absolute Gasteiger partial charge is 0.480 e. The molecule has 0 atom stereocenters. The molecule has 20 heavy (non-hydrogen) atoms. The molecule has 1 aromatic rings. The van der Waals surface area contributed by atoms with Gasteiger partial charge in [-0.25, -0.2) is 4.79 Å². The molecule has 0 spiro atoms. The highest BCUT2D eigenvalue weighted by Gasteiger charge is 2.41. The molecule has 0 aromatic carbocycles. The lowest BCUT2D eigenvalue weighted by Gasteiger charge is -2.34. The van der Waals surface area contributed by atoms with Crippen LogP contribution in [0.3, 0.4) is 0 Å². The van der Waals surface area contributed by atoms with Crippen molar-refractivity contribution < 1.29 is 14.7 Å². The number of amides is 1. The summed E-state index contributed by atoms with van der Waals surface area (Å²) >= 11 is 0. The monoisotopic (exact) mass is 277 g/mol. The van der Waals surface area contributed by atoms with Crippen LogP contribution in [0.15, 0.2) is 18.3 Å². The van der Waals surface area contributed by atoms with Gasteiger partial charge in [-0.15, -0.1) is 0 Å². The molecule has 1 amide bonds. The molecule has 6 heteroatoms. The Morgan fingerprint density at radius 3 is 2.65 bits per heavy atom. The normalized spacial score (nSPS) is 17.4. The Morgan fingerprint density at radius 1 is 1.35 bits per heavy atom. The number of carbonyl (C=O) groups excluding carboxylic acids is 1. The maximum Gasteiger partial charge on any atom is 0.329 e. The lowest BCUT2D eigenvalue weighted by atomic mass is 9.81. The van der Waals surface area contributed by atoms with Crippen molar-refractivity contribution in [2.24, 2.45) is 5.73 Å². The van der Waals surface area contributed by atoms with Gasteiger partial charge in [0.15, 0.2) is 0 Å². The van der Waals surface area contributed by atoms with E-state index in [1.54, 1.807) is 12.1 Å². The zero-order valence-electron chi connectivity index (χ0n) is 11.3. The molecule has 1 aliphatic rings. The second-order valence-electron chi connectivity index (χ2n) is 5.14. The van der Waals surface area contributed by atoms with Crippen molar-refractivity contribution >= 4 is 11.9 Å². The van der Waals surface area contributed by atoms with Crippen molar-refractivity contribution in [3.8, 4) is 0 Å². The minimum absolute atomic E-state index is 0.241. The van der Waals surface area contributed by atoms with Crippen LogP contribution in [0.1, 0.15) is 48.2 Å². The Bertz CT molecular complexity index is 510. The molecule has 108 valence electrons. The number of aromatic nitrogens is 1. The van der Waals surface area contributed by atoms with Gasteiger partial charge in [-0.3, -0.25) is 9.78 Å². The summed E-state index contributed by atoms with van der Waals surface area (Å²) in [7, 11) is 0. The third-order valence-corrected chi connectivity index (χ3v) is 3.76. The number of nitrogens with zero attached hydrogens (tertiary/aromatic N) is 1. The number of carboxylic acid groups (broad SMARTS) is 1. The van der Waals surface area contributed by atoms with Gasteiger partial charge in [0.05, 0.1) is 5.69 Å². The van der Waals surface area contributed by atoms with E-state index in [1.807, 2.05) is 0 Å². The van der Waals surface area contributed by atoms with E-state index in [9.17, 15) is 14.7 Å². The van der Waals surface area contributed by atoms with Crippen LogP contribution in [-0.2, 0) is 11.3 Å². The van der Waals surface area contributed by atoms with E-state index in [2.05, 4.69) is 10.3 Å². The van der Waals surface area contributed by atoms with Crippen LogP contribution >= 0.6 is 0 Å². The molecule has 0 bridgehead atoms. The molecule has 0 aliphatic heterocycles. The smallest absolute Gasteiger partial charge is 0.329 e. The maximum absolute atomic E-state index is 12.2. The first-order chi connectivity index (χ1) is 9.57. The minimum atomic E-state index is -1.14. The fraction of sp³-hybridized carbons (Fsp3) is 0.500. The van der Waals surface area contributed by atoms with Gasteiger partial charge in [0, 0.05) is 18.3 Å². The summed E-state index contributed by atoms with van der Waals surface area (Å²) in [6.07, 6.45) is 5.10. The zero-order chi connectivity index (χ0) is 14.6. The zero-order valence-corrected chi connectivity index (χ0v) is 11.3. The van der Waals surface area contributed by atoms with Crippen LogP contribution in [0.25, 0.3) is 0 Å². The number of carbonyl (C=O) groups is 2. The molecule has 0 saturated heterocycles. The van der Waals surface area contributed by atoms with E-state index in [-0.39, 0.29) is 12.5 Å². The summed E-state index contributed by atoms with van der Waals surface area (Å²) in [5.41, 5.74) is 5.35. The van der Waals surface area contributed by atoms with Crippen LogP contribution < -0.4 is 11.1 Å². The van der Waals surface area contributed by atoms with Gasteiger partial charge < -0.3 is 16.2 Å². The highest BCUT2D eigenvalue weighted by Crippen LogP contribution is 2.28. The van der Waals surface area contributed by atoms with E-state index >= 15 is 0 Å². The third-order valence-electron chi connectivity index (χ3n) is 3.76. The summed E-state index contributed by atoms with van der Waals surface area (Å²) in [5.74, 6) is -1.34. The number of hydrogen-bond acceptors (Lipinski definition) is 4. The van der Waals surface area contributed by atoms with E-state index in [0.29, 0.717) is 24.1 Å². The summed E-state index contributed by atoms with van der Waals surface area (Å²) < 4.78 is 0. The molecule has 1 heterocycles. The molecular formula is C14H19N3O3. The number of nitrogens with one attached hydrogen (secondary N) is 1. The number of rotatable bonds is 4. The summed E-state index contributed by atoms with van der Waals surface area (Å²) in [6, 6.07) is 3.15. The Balaban J connectivity index is 2.17. The quantitative estimate of drug-likeness (QED) is 0.763. The van der Waals surface area contributed by atoms with Crippen LogP contribution in [0.5, 0.6) is 0 Å². The predicted molar refractivity (Wildman–Crippen MR) is 73.0 cm³/mol. The van der Waals surface area contributed by atoms with Crippen molar-refractivity contribution in [3.05, 3.63) is 29.6 Å². The van der Waals surface area contributed by atoms with E-state index < -0.39 is 11.5 Å². The van der Waals surface area contributed by atoms with E-state index in [1.165, 1.54) is 6.20 Å². The molecule has 0 unspecified atom stereocenters. The average molecular weight is 277 g/mol. The summed E-state index contributed by atoms with van der Waals surface area (Å²) in [5, 5.41) is 12.1. The maximum atomic E-state index is 12.2. The standard InChI is InChI=1S/C14H19N3O3/c15-9-11-8-10(4-7-16-11)12(18)17-14(13(19)20)5-2-1-3-6-14/h4,7-8H,1-3,5-6,9,15H2,(H,17,18)(H,19,20). The molecule has 1 aromatic heterocycles. The summed E-state index contributed by atoms with van der Waals surface area (Å²) in [4.78, 5) is 27.8. The van der Waals surface area contributed by atoms with Crippen molar-refractivity contribution in [2.75, 3.05) is 0 Å². The SMILES string of the molecule is NCc1cc(C(=O)NC2(C(=O)O)CCCCC2)ccn1. The number of hydrogen-bond donors (Lipinski definition) is 3. The number of aliphatic carboxylic acids is 1. The van der Waals surface area contributed by atoms with Gasteiger partial charge >= 0.3 is 5.97 Å². The average Bonchev–Trinajstić information content (AvgIpc) is 2.48. The Morgan fingerprint density at radius 2 is 2.05 bits per heavy atom. The molecule has 2 rings (SSSR count). The number of carboxylic acids is 1. The van der Waals surface area contributed by atoms with Crippen LogP contribution in [0.2, 0.25) is 0 Å². The molecular weight excluding hydrogens is 258 g/mol. The van der Waals surface area contributed by atoms with Gasteiger partial charge in [-0.2, -0.15) is 0 Å². The van der Waals surface area contributed by atoms with Gasteiger partial charge in [-0.05, 0) is 25.0 Å². The van der Waals surface area contributed by atoms with Gasteiger partial charge in [-0.1, -0.05) is 19.3 Å². The van der Waals surface area contributed by atoms with E-state index in [0.717, 1.165) is 19.3 Å². The summed E-state index contributed by atoms with van der Waals surface area (Å²) in [6.45, 7) is 0.241. The Kier molecular flexibility index (Phi) is 4.34. The first-order valence-corrected chi connectivity index (χ1v) is 6.78. The minimum Gasteiger partial charge on any atom is -0.480 e. The van der Waals surface area contributed by atoms with Gasteiger partial charge in [0.1, 0.15) is 5.54 Å². The lowest BCUT2D eigenvalue weighted by Crippen LogP contribution is -2.55. The second-order valence-corrected chi connectivity index (χ2v) is 5.14. The van der Waals surface area contributed by atoms with Gasteiger partial charge in [0.25, 0.3) is 5.91 Å². The Labute approximate surface area is 117 Å². The predicted octanol–water partition coefficient (Wildman–Crippen LogP) is 1.06. The highest BCUT2D eigenvalue weighted by atomic mass is 16.4. The number of nitrogens with two attached hydrogens (primary N) is 1. The first-order valence-electron chi connectivity index (χ1n) is 6.78. The van der Waals surface area contributed by atoms with Crippen molar-refractivity contribution in [3.63, 3.8) is 0 Å². The molecule has 0 radical (unpaired) electrons.